The fourth-order valence-electron chi connectivity index (χ4n) is 3.36. The lowest BCUT2D eigenvalue weighted by Crippen LogP contribution is -2.35. The zero-order valence-electron chi connectivity index (χ0n) is 17.0. The van der Waals surface area contributed by atoms with Crippen LogP contribution in [0.1, 0.15) is 22.3 Å². The van der Waals surface area contributed by atoms with Gasteiger partial charge in [0.2, 0.25) is 0 Å². The van der Waals surface area contributed by atoms with Crippen LogP contribution >= 0.6 is 0 Å². The first-order chi connectivity index (χ1) is 14.0. The Morgan fingerprint density at radius 3 is 2.34 bits per heavy atom. The maximum Gasteiger partial charge on any atom is 0.123 e. The number of hydrogen-bond acceptors (Lipinski definition) is 3. The molecule has 0 radical (unpaired) electrons. The summed E-state index contributed by atoms with van der Waals surface area (Å²) >= 11 is 0. The predicted octanol–water partition coefficient (Wildman–Crippen LogP) is 4.88. The first-order valence-corrected chi connectivity index (χ1v) is 9.88. The fourth-order valence-corrected chi connectivity index (χ4v) is 3.36. The smallest absolute Gasteiger partial charge is 0.123 e. The largest absolute Gasteiger partial charge is 0.491 e. The number of halogens is 1. The lowest BCUT2D eigenvalue weighted by Gasteiger charge is -2.26. The van der Waals surface area contributed by atoms with Gasteiger partial charge in [-0.25, -0.2) is 4.39 Å². The van der Waals surface area contributed by atoms with Crippen molar-refractivity contribution in [2.24, 2.45) is 0 Å². The van der Waals surface area contributed by atoms with Crippen LogP contribution in [-0.4, -0.2) is 29.3 Å². The molecule has 3 rings (SSSR count). The van der Waals surface area contributed by atoms with E-state index in [2.05, 4.69) is 36.9 Å². The van der Waals surface area contributed by atoms with E-state index in [4.69, 9.17) is 4.74 Å². The zero-order chi connectivity index (χ0) is 20.6. The van der Waals surface area contributed by atoms with Crippen LogP contribution in [0.25, 0.3) is 0 Å². The molecule has 0 aromatic heterocycles. The summed E-state index contributed by atoms with van der Waals surface area (Å²) in [5.74, 6) is 0.497. The second-order valence-electron chi connectivity index (χ2n) is 7.50. The number of para-hydroxylation sites is 1. The molecule has 0 saturated heterocycles. The average molecular weight is 394 g/mol. The van der Waals surface area contributed by atoms with Gasteiger partial charge in [-0.15, -0.1) is 0 Å². The highest BCUT2D eigenvalue weighted by Crippen LogP contribution is 2.16. The first kappa shape index (κ1) is 21.0. The van der Waals surface area contributed by atoms with Gasteiger partial charge in [0.15, 0.2) is 0 Å². The molecule has 0 fully saturated rings. The topological polar surface area (TPSA) is 32.7 Å². The third-order valence-electron chi connectivity index (χ3n) is 4.87. The van der Waals surface area contributed by atoms with Crippen LogP contribution in [0, 0.1) is 19.7 Å². The van der Waals surface area contributed by atoms with Crippen LogP contribution in [0.5, 0.6) is 5.75 Å². The van der Waals surface area contributed by atoms with Crippen LogP contribution in [0.2, 0.25) is 0 Å². The van der Waals surface area contributed by atoms with Gasteiger partial charge in [-0.05, 0) is 54.8 Å². The summed E-state index contributed by atoms with van der Waals surface area (Å²) in [6, 6.07) is 22.4. The Morgan fingerprint density at radius 2 is 1.66 bits per heavy atom. The average Bonchev–Trinajstić information content (AvgIpc) is 2.71. The second-order valence-corrected chi connectivity index (χ2v) is 7.50. The van der Waals surface area contributed by atoms with Crippen molar-refractivity contribution >= 4 is 0 Å². The van der Waals surface area contributed by atoms with Crippen molar-refractivity contribution in [3.05, 3.63) is 101 Å². The van der Waals surface area contributed by atoms with E-state index in [9.17, 15) is 9.50 Å². The quantitative estimate of drug-likeness (QED) is 0.562. The molecule has 0 saturated carbocycles. The number of rotatable bonds is 9. The molecule has 0 amide bonds. The predicted molar refractivity (Wildman–Crippen MR) is 114 cm³/mol. The molecule has 0 aliphatic heterocycles. The Morgan fingerprint density at radius 1 is 0.931 bits per heavy atom. The van der Waals surface area contributed by atoms with Gasteiger partial charge in [0.1, 0.15) is 24.3 Å². The molecule has 152 valence electrons. The minimum atomic E-state index is -0.638. The van der Waals surface area contributed by atoms with Crippen molar-refractivity contribution in [3.8, 4) is 5.75 Å². The third-order valence-corrected chi connectivity index (χ3v) is 4.87. The minimum Gasteiger partial charge on any atom is -0.491 e. The molecule has 3 aromatic carbocycles. The highest BCUT2D eigenvalue weighted by molar-refractivity contribution is 5.30. The molecule has 0 bridgehead atoms. The first-order valence-electron chi connectivity index (χ1n) is 9.88. The lowest BCUT2D eigenvalue weighted by atomic mass is 10.0. The summed E-state index contributed by atoms with van der Waals surface area (Å²) in [4.78, 5) is 2.17. The van der Waals surface area contributed by atoms with Crippen LogP contribution < -0.4 is 4.74 Å². The van der Waals surface area contributed by atoms with Crippen LogP contribution in [0.15, 0.2) is 72.8 Å². The molecular weight excluding hydrogens is 365 g/mol. The monoisotopic (exact) mass is 393 g/mol. The summed E-state index contributed by atoms with van der Waals surface area (Å²) in [5.41, 5.74) is 4.68. The van der Waals surface area contributed by atoms with Crippen molar-refractivity contribution in [3.63, 3.8) is 0 Å². The van der Waals surface area contributed by atoms with Crippen LogP contribution in [-0.2, 0) is 13.1 Å². The molecule has 1 N–H and O–H groups in total. The highest BCUT2D eigenvalue weighted by atomic mass is 19.1. The number of aliphatic hydroxyl groups is 1. The maximum absolute atomic E-state index is 13.3. The summed E-state index contributed by atoms with van der Waals surface area (Å²) in [6.07, 6.45) is -0.638. The molecule has 0 heterocycles. The molecular formula is C25H28FNO2. The number of benzene rings is 3. The molecule has 3 aromatic rings. The van der Waals surface area contributed by atoms with Gasteiger partial charge in [0.25, 0.3) is 0 Å². The summed E-state index contributed by atoms with van der Waals surface area (Å²) in [6.45, 7) is 6.18. The van der Waals surface area contributed by atoms with Crippen molar-refractivity contribution < 1.29 is 14.2 Å². The van der Waals surface area contributed by atoms with E-state index in [1.807, 2.05) is 30.3 Å². The van der Waals surface area contributed by atoms with E-state index >= 15 is 0 Å². The maximum atomic E-state index is 13.3. The van der Waals surface area contributed by atoms with Crippen molar-refractivity contribution in [1.82, 2.24) is 4.90 Å². The summed E-state index contributed by atoms with van der Waals surface area (Å²) in [5, 5.41) is 10.6. The molecule has 0 aliphatic rings. The number of aryl methyl sites for hydroxylation is 2. The Labute approximate surface area is 172 Å². The van der Waals surface area contributed by atoms with Gasteiger partial charge in [-0.3, -0.25) is 4.90 Å². The van der Waals surface area contributed by atoms with Crippen LogP contribution in [0.3, 0.4) is 0 Å². The Balaban J connectivity index is 1.68. The number of ether oxygens (including phenoxy) is 1. The molecule has 0 unspecified atom stereocenters. The normalized spacial score (nSPS) is 12.2. The van der Waals surface area contributed by atoms with E-state index in [0.29, 0.717) is 19.6 Å². The Bertz CT molecular complexity index is 896. The van der Waals surface area contributed by atoms with Crippen molar-refractivity contribution in [1.29, 1.82) is 0 Å². The van der Waals surface area contributed by atoms with E-state index < -0.39 is 6.10 Å². The van der Waals surface area contributed by atoms with E-state index in [1.54, 1.807) is 12.1 Å². The third kappa shape index (κ3) is 6.70. The molecule has 0 aliphatic carbocycles. The van der Waals surface area contributed by atoms with Gasteiger partial charge in [0.05, 0.1) is 0 Å². The number of hydrogen-bond donors (Lipinski definition) is 1. The van der Waals surface area contributed by atoms with E-state index in [1.165, 1.54) is 28.8 Å². The molecule has 0 spiro atoms. The van der Waals surface area contributed by atoms with Crippen LogP contribution in [0.4, 0.5) is 4.39 Å². The number of nitrogens with zero attached hydrogens (tertiary/aromatic N) is 1. The second kappa shape index (κ2) is 10.2. The lowest BCUT2D eigenvalue weighted by molar-refractivity contribution is 0.0628. The van der Waals surface area contributed by atoms with Gasteiger partial charge in [-0.1, -0.05) is 54.1 Å². The molecule has 29 heavy (non-hydrogen) atoms. The molecule has 3 nitrogen and oxygen atoms in total. The Hall–Kier alpha value is -2.69. The number of aliphatic hydroxyl groups excluding tert-OH is 1. The zero-order valence-corrected chi connectivity index (χ0v) is 17.0. The minimum absolute atomic E-state index is 0.219. The van der Waals surface area contributed by atoms with Crippen molar-refractivity contribution in [2.45, 2.75) is 33.0 Å². The van der Waals surface area contributed by atoms with E-state index in [0.717, 1.165) is 11.3 Å². The Kier molecular flexibility index (Phi) is 7.39. The standard InChI is InChI=1S/C25H28FNO2/c1-19-8-11-22(20(2)14-19)16-27(15-21-9-12-23(26)13-10-21)17-24(28)18-29-25-6-4-3-5-7-25/h3-14,24,28H,15-18H2,1-2H3/t24-/m1/s1. The van der Waals surface area contributed by atoms with Gasteiger partial charge in [-0.2, -0.15) is 0 Å². The van der Waals surface area contributed by atoms with Gasteiger partial charge < -0.3 is 9.84 Å². The molecule has 4 heteroatoms. The summed E-state index contributed by atoms with van der Waals surface area (Å²) < 4.78 is 19.0. The SMILES string of the molecule is Cc1ccc(CN(Cc2ccc(F)cc2)C[C@@H](O)COc2ccccc2)c(C)c1. The fraction of sp³-hybridized carbons (Fsp3) is 0.280. The van der Waals surface area contributed by atoms with Gasteiger partial charge in [0, 0.05) is 19.6 Å². The van der Waals surface area contributed by atoms with E-state index in [-0.39, 0.29) is 12.4 Å². The highest BCUT2D eigenvalue weighted by Gasteiger charge is 2.15. The van der Waals surface area contributed by atoms with Crippen molar-refractivity contribution in [2.75, 3.05) is 13.2 Å². The molecule has 1 atom stereocenters. The summed E-state index contributed by atoms with van der Waals surface area (Å²) in [7, 11) is 0. The van der Waals surface area contributed by atoms with Gasteiger partial charge >= 0.3 is 0 Å².